The van der Waals surface area contributed by atoms with E-state index in [1.807, 2.05) is 30.3 Å². The molecule has 0 spiro atoms. The highest BCUT2D eigenvalue weighted by Gasteiger charge is 2.21. The normalized spacial score (nSPS) is 14.4. The summed E-state index contributed by atoms with van der Waals surface area (Å²) >= 11 is 0. The zero-order chi connectivity index (χ0) is 14.7. The third kappa shape index (κ3) is 3.79. The van der Waals surface area contributed by atoms with E-state index in [1.54, 1.807) is 6.20 Å². The molecule has 0 atom stereocenters. The molecular formula is C17H21N3O. The van der Waals surface area contributed by atoms with Crippen LogP contribution in [0.1, 0.15) is 44.1 Å². The quantitative estimate of drug-likeness (QED) is 0.879. The van der Waals surface area contributed by atoms with E-state index in [0.717, 1.165) is 29.6 Å². The maximum absolute atomic E-state index is 5.93. The van der Waals surface area contributed by atoms with Gasteiger partial charge in [0.05, 0.1) is 6.20 Å². The summed E-state index contributed by atoms with van der Waals surface area (Å²) in [6, 6.07) is 10.4. The van der Waals surface area contributed by atoms with Gasteiger partial charge < -0.3 is 10.1 Å². The Morgan fingerprint density at radius 2 is 2.00 bits per heavy atom. The third-order valence-electron chi connectivity index (χ3n) is 3.47. The molecule has 21 heavy (non-hydrogen) atoms. The first-order chi connectivity index (χ1) is 10.2. The number of benzene rings is 1. The van der Waals surface area contributed by atoms with Crippen LogP contribution in [-0.4, -0.2) is 16.0 Å². The van der Waals surface area contributed by atoms with Crippen LogP contribution in [0.4, 0.5) is 0 Å². The predicted octanol–water partition coefficient (Wildman–Crippen LogP) is 3.64. The van der Waals surface area contributed by atoms with Crippen molar-refractivity contribution in [3.05, 3.63) is 48.0 Å². The van der Waals surface area contributed by atoms with Crippen LogP contribution in [0.25, 0.3) is 0 Å². The van der Waals surface area contributed by atoms with E-state index in [4.69, 9.17) is 4.74 Å². The van der Waals surface area contributed by atoms with E-state index in [-0.39, 0.29) is 0 Å². The van der Waals surface area contributed by atoms with Gasteiger partial charge in [0.1, 0.15) is 17.3 Å². The van der Waals surface area contributed by atoms with Crippen LogP contribution in [0.2, 0.25) is 0 Å². The molecule has 1 aromatic heterocycles. The Bertz CT molecular complexity index is 594. The maximum atomic E-state index is 5.93. The van der Waals surface area contributed by atoms with Crippen molar-refractivity contribution in [2.45, 2.75) is 45.2 Å². The average Bonchev–Trinajstić information content (AvgIpc) is 3.31. The van der Waals surface area contributed by atoms with Crippen molar-refractivity contribution < 1.29 is 4.74 Å². The van der Waals surface area contributed by atoms with Crippen LogP contribution in [-0.2, 0) is 6.54 Å². The Morgan fingerprint density at radius 3 is 2.67 bits per heavy atom. The zero-order valence-electron chi connectivity index (χ0n) is 12.5. The molecule has 1 aliphatic rings. The van der Waals surface area contributed by atoms with Crippen LogP contribution in [0.15, 0.2) is 36.5 Å². The summed E-state index contributed by atoms with van der Waals surface area (Å²) < 4.78 is 5.93. The highest BCUT2D eigenvalue weighted by molar-refractivity contribution is 5.32. The van der Waals surface area contributed by atoms with Gasteiger partial charge in [0, 0.05) is 18.5 Å². The summed E-state index contributed by atoms with van der Waals surface area (Å²) in [6.45, 7) is 4.94. The number of hydrogen-bond donors (Lipinski definition) is 1. The first-order valence-corrected chi connectivity index (χ1v) is 7.54. The van der Waals surface area contributed by atoms with Crippen LogP contribution < -0.4 is 10.1 Å². The molecule has 0 bridgehead atoms. The van der Waals surface area contributed by atoms with Gasteiger partial charge in [0.15, 0.2) is 5.75 Å². The fourth-order valence-corrected chi connectivity index (χ4v) is 2.06. The smallest absolute Gasteiger partial charge is 0.168 e. The van der Waals surface area contributed by atoms with Gasteiger partial charge in [-0.3, -0.25) is 0 Å². The Kier molecular flexibility index (Phi) is 4.15. The Labute approximate surface area is 125 Å². The van der Waals surface area contributed by atoms with Crippen molar-refractivity contribution in [3.63, 3.8) is 0 Å². The molecule has 0 unspecified atom stereocenters. The highest BCUT2D eigenvalue weighted by atomic mass is 16.5. The molecule has 2 aromatic rings. The number of para-hydroxylation sites is 1. The maximum Gasteiger partial charge on any atom is 0.168 e. The molecule has 1 saturated carbocycles. The summed E-state index contributed by atoms with van der Waals surface area (Å²) in [5, 5.41) is 3.49. The van der Waals surface area contributed by atoms with Gasteiger partial charge in [-0.1, -0.05) is 32.0 Å². The summed E-state index contributed by atoms with van der Waals surface area (Å²) in [5.41, 5.74) is 0.935. The fraction of sp³-hybridized carbons (Fsp3) is 0.412. The third-order valence-corrected chi connectivity index (χ3v) is 3.47. The summed E-state index contributed by atoms with van der Waals surface area (Å²) in [4.78, 5) is 9.08. The SMILES string of the molecule is CC(C)c1ncc(Oc2ccccc2)c(CNC2CC2)n1. The summed E-state index contributed by atoms with van der Waals surface area (Å²) in [5.74, 6) is 2.73. The van der Waals surface area contributed by atoms with E-state index in [0.29, 0.717) is 12.0 Å². The predicted molar refractivity (Wildman–Crippen MR) is 82.5 cm³/mol. The molecule has 1 aromatic carbocycles. The lowest BCUT2D eigenvalue weighted by atomic mass is 10.2. The Morgan fingerprint density at radius 1 is 1.24 bits per heavy atom. The van der Waals surface area contributed by atoms with E-state index < -0.39 is 0 Å². The van der Waals surface area contributed by atoms with Gasteiger partial charge in [-0.25, -0.2) is 9.97 Å². The average molecular weight is 283 g/mol. The van der Waals surface area contributed by atoms with Crippen LogP contribution in [0, 0.1) is 0 Å². The molecule has 0 radical (unpaired) electrons. The summed E-state index contributed by atoms with van der Waals surface area (Å²) in [6.07, 6.45) is 4.31. The first-order valence-electron chi connectivity index (χ1n) is 7.54. The van der Waals surface area contributed by atoms with Crippen LogP contribution >= 0.6 is 0 Å². The van der Waals surface area contributed by atoms with Gasteiger partial charge in [0.25, 0.3) is 0 Å². The standard InChI is InChI=1S/C17H21N3O/c1-12(2)17-19-11-16(21-14-6-4-3-5-7-14)15(20-17)10-18-13-8-9-13/h3-7,11-13,18H,8-10H2,1-2H3. The van der Waals surface area contributed by atoms with Crippen molar-refractivity contribution in [1.29, 1.82) is 0 Å². The van der Waals surface area contributed by atoms with Crippen molar-refractivity contribution in [3.8, 4) is 11.5 Å². The molecule has 1 fully saturated rings. The van der Waals surface area contributed by atoms with Crippen molar-refractivity contribution >= 4 is 0 Å². The molecule has 4 heteroatoms. The molecule has 3 rings (SSSR count). The second-order valence-electron chi connectivity index (χ2n) is 5.76. The van der Waals surface area contributed by atoms with Crippen LogP contribution in [0.3, 0.4) is 0 Å². The molecule has 0 aliphatic heterocycles. The number of nitrogens with one attached hydrogen (secondary N) is 1. The molecule has 0 saturated heterocycles. The summed E-state index contributed by atoms with van der Waals surface area (Å²) in [7, 11) is 0. The van der Waals surface area contributed by atoms with Gasteiger partial charge in [-0.2, -0.15) is 0 Å². The monoisotopic (exact) mass is 283 g/mol. The lowest BCUT2D eigenvalue weighted by Gasteiger charge is -2.13. The number of rotatable bonds is 6. The number of nitrogens with zero attached hydrogens (tertiary/aromatic N) is 2. The Balaban J connectivity index is 1.82. The largest absolute Gasteiger partial charge is 0.454 e. The minimum Gasteiger partial charge on any atom is -0.454 e. The second kappa shape index (κ2) is 6.22. The molecule has 110 valence electrons. The van der Waals surface area contributed by atoms with Crippen molar-refractivity contribution in [2.24, 2.45) is 0 Å². The topological polar surface area (TPSA) is 47.0 Å². The fourth-order valence-electron chi connectivity index (χ4n) is 2.06. The number of hydrogen-bond acceptors (Lipinski definition) is 4. The van der Waals surface area contributed by atoms with Gasteiger partial charge in [-0.15, -0.1) is 0 Å². The van der Waals surface area contributed by atoms with Crippen molar-refractivity contribution in [2.75, 3.05) is 0 Å². The first kappa shape index (κ1) is 14.0. The molecule has 4 nitrogen and oxygen atoms in total. The number of aromatic nitrogens is 2. The highest BCUT2D eigenvalue weighted by Crippen LogP contribution is 2.26. The van der Waals surface area contributed by atoms with E-state index >= 15 is 0 Å². The molecular weight excluding hydrogens is 262 g/mol. The van der Waals surface area contributed by atoms with E-state index in [9.17, 15) is 0 Å². The lowest BCUT2D eigenvalue weighted by molar-refractivity contribution is 0.462. The van der Waals surface area contributed by atoms with Crippen molar-refractivity contribution in [1.82, 2.24) is 15.3 Å². The zero-order valence-corrected chi connectivity index (χ0v) is 12.5. The van der Waals surface area contributed by atoms with E-state index in [1.165, 1.54) is 12.8 Å². The molecule has 1 N–H and O–H groups in total. The Hall–Kier alpha value is -1.94. The second-order valence-corrected chi connectivity index (χ2v) is 5.76. The van der Waals surface area contributed by atoms with Gasteiger partial charge in [0.2, 0.25) is 0 Å². The van der Waals surface area contributed by atoms with E-state index in [2.05, 4.69) is 29.1 Å². The van der Waals surface area contributed by atoms with Gasteiger partial charge >= 0.3 is 0 Å². The van der Waals surface area contributed by atoms with Crippen LogP contribution in [0.5, 0.6) is 11.5 Å². The minimum atomic E-state index is 0.315. The van der Waals surface area contributed by atoms with Gasteiger partial charge in [-0.05, 0) is 25.0 Å². The molecule has 1 heterocycles. The minimum absolute atomic E-state index is 0.315. The molecule has 0 amide bonds. The molecule has 1 aliphatic carbocycles. The lowest BCUT2D eigenvalue weighted by Crippen LogP contribution is -2.18. The number of ether oxygens (including phenoxy) is 1.